The van der Waals surface area contributed by atoms with Crippen molar-refractivity contribution in [3.8, 4) is 0 Å². The number of carboxylic acids is 1. The number of carbonyl (C=O) groups is 1. The van der Waals surface area contributed by atoms with Crippen molar-refractivity contribution in [1.29, 1.82) is 0 Å². The lowest BCUT2D eigenvalue weighted by Crippen LogP contribution is -2.22. The summed E-state index contributed by atoms with van der Waals surface area (Å²) in [6, 6.07) is 4.84. The summed E-state index contributed by atoms with van der Waals surface area (Å²) in [4.78, 5) is 10.4. The van der Waals surface area contributed by atoms with Crippen LogP contribution in [0.1, 0.15) is 23.7 Å². The fraction of sp³-hybridized carbons (Fsp3) is 0.364. The molecule has 1 aromatic carbocycles. The smallest absolute Gasteiger partial charge is 0.306 e. The van der Waals surface area contributed by atoms with E-state index in [0.29, 0.717) is 11.3 Å². The van der Waals surface area contributed by atoms with Crippen molar-refractivity contribution in [1.82, 2.24) is 0 Å². The fourth-order valence-corrected chi connectivity index (χ4v) is 1.53. The first kappa shape index (κ1) is 12.5. The molecule has 0 aliphatic rings. The number of aliphatic hydroxyl groups excluding tert-OH is 2. The number of aryl methyl sites for hydroxylation is 1. The first-order chi connectivity index (χ1) is 7.41. The molecule has 0 saturated carbocycles. The van der Waals surface area contributed by atoms with Gasteiger partial charge in [-0.15, -0.1) is 0 Å². The van der Waals surface area contributed by atoms with E-state index in [1.165, 1.54) is 0 Å². The molecule has 0 bridgehead atoms. The van der Waals surface area contributed by atoms with Gasteiger partial charge in [-0.25, -0.2) is 0 Å². The van der Waals surface area contributed by atoms with E-state index in [4.69, 9.17) is 10.8 Å². The molecular weight excluding hydrogens is 210 g/mol. The molecule has 0 aromatic heterocycles. The van der Waals surface area contributed by atoms with E-state index in [9.17, 15) is 15.0 Å². The van der Waals surface area contributed by atoms with Gasteiger partial charge in [0.15, 0.2) is 0 Å². The van der Waals surface area contributed by atoms with Crippen molar-refractivity contribution in [3.05, 3.63) is 29.3 Å². The van der Waals surface area contributed by atoms with E-state index in [0.717, 1.165) is 5.56 Å². The van der Waals surface area contributed by atoms with E-state index in [1.54, 1.807) is 25.1 Å². The summed E-state index contributed by atoms with van der Waals surface area (Å²) in [6.07, 6.45) is -3.03. The Morgan fingerprint density at radius 1 is 1.44 bits per heavy atom. The van der Waals surface area contributed by atoms with Crippen molar-refractivity contribution in [2.75, 3.05) is 5.73 Å². The van der Waals surface area contributed by atoms with Crippen LogP contribution in [0.2, 0.25) is 0 Å². The Balaban J connectivity index is 2.87. The number of carboxylic acid groups (broad SMARTS) is 1. The van der Waals surface area contributed by atoms with Crippen LogP contribution in [-0.4, -0.2) is 27.4 Å². The predicted molar refractivity (Wildman–Crippen MR) is 58.8 cm³/mol. The van der Waals surface area contributed by atoms with Crippen LogP contribution in [-0.2, 0) is 4.79 Å². The largest absolute Gasteiger partial charge is 0.481 e. The molecule has 5 heteroatoms. The van der Waals surface area contributed by atoms with E-state index in [2.05, 4.69) is 0 Å². The number of rotatable bonds is 4. The lowest BCUT2D eigenvalue weighted by Gasteiger charge is -2.18. The summed E-state index contributed by atoms with van der Waals surface area (Å²) in [5.74, 6) is -1.15. The van der Waals surface area contributed by atoms with Crippen molar-refractivity contribution < 1.29 is 20.1 Å². The molecule has 5 nitrogen and oxygen atoms in total. The highest BCUT2D eigenvalue weighted by Crippen LogP contribution is 2.23. The predicted octanol–water partition coefficient (Wildman–Crippen LogP) is 0.446. The molecule has 0 radical (unpaired) electrons. The Kier molecular flexibility index (Phi) is 3.87. The molecule has 16 heavy (non-hydrogen) atoms. The number of nitrogen functional groups attached to an aromatic ring is 1. The summed E-state index contributed by atoms with van der Waals surface area (Å²) in [7, 11) is 0. The topological polar surface area (TPSA) is 104 Å². The van der Waals surface area contributed by atoms with Gasteiger partial charge >= 0.3 is 5.97 Å². The molecule has 0 aliphatic carbocycles. The van der Waals surface area contributed by atoms with Crippen LogP contribution in [0.4, 0.5) is 5.69 Å². The molecule has 0 amide bonds. The highest BCUT2D eigenvalue weighted by atomic mass is 16.4. The number of benzene rings is 1. The second-order valence-electron chi connectivity index (χ2n) is 3.73. The Morgan fingerprint density at radius 2 is 2.06 bits per heavy atom. The molecule has 2 unspecified atom stereocenters. The van der Waals surface area contributed by atoms with Gasteiger partial charge in [-0.2, -0.15) is 0 Å². The third-order valence-corrected chi connectivity index (χ3v) is 2.36. The lowest BCUT2D eigenvalue weighted by atomic mass is 9.97. The quantitative estimate of drug-likeness (QED) is 0.557. The summed E-state index contributed by atoms with van der Waals surface area (Å²) in [6.45, 7) is 1.74. The molecule has 0 spiro atoms. The SMILES string of the molecule is Cc1cc(N)ccc1C(O)C(O)CC(=O)O. The van der Waals surface area contributed by atoms with Crippen molar-refractivity contribution >= 4 is 11.7 Å². The average molecular weight is 225 g/mol. The minimum atomic E-state index is -1.32. The molecule has 2 atom stereocenters. The third kappa shape index (κ3) is 2.95. The zero-order chi connectivity index (χ0) is 12.3. The van der Waals surface area contributed by atoms with Gasteiger partial charge in [-0.05, 0) is 30.2 Å². The molecule has 5 N–H and O–H groups in total. The van der Waals surface area contributed by atoms with Crippen LogP contribution < -0.4 is 5.73 Å². The number of aliphatic hydroxyl groups is 2. The summed E-state index contributed by atoms with van der Waals surface area (Å²) in [5, 5.41) is 27.7. The molecule has 1 rings (SSSR count). The minimum Gasteiger partial charge on any atom is -0.481 e. The minimum absolute atomic E-state index is 0.489. The standard InChI is InChI=1S/C11H15NO4/c1-6-4-7(12)2-3-8(6)11(16)9(13)5-10(14)15/h2-4,9,11,13,16H,5,12H2,1H3,(H,14,15). The maximum atomic E-state index is 10.4. The van der Waals surface area contributed by atoms with Crippen LogP contribution in [0, 0.1) is 6.92 Å². The highest BCUT2D eigenvalue weighted by Gasteiger charge is 2.22. The first-order valence-electron chi connectivity index (χ1n) is 4.85. The Bertz CT molecular complexity index is 392. The zero-order valence-corrected chi connectivity index (χ0v) is 8.92. The molecule has 0 fully saturated rings. The third-order valence-electron chi connectivity index (χ3n) is 2.36. The van der Waals surface area contributed by atoms with Crippen molar-refractivity contribution in [3.63, 3.8) is 0 Å². The molecule has 88 valence electrons. The highest BCUT2D eigenvalue weighted by molar-refractivity contribution is 5.67. The van der Waals surface area contributed by atoms with E-state index in [1.807, 2.05) is 0 Å². The maximum Gasteiger partial charge on any atom is 0.306 e. The van der Waals surface area contributed by atoms with Gasteiger partial charge in [0.2, 0.25) is 0 Å². The van der Waals surface area contributed by atoms with E-state index >= 15 is 0 Å². The number of hydrogen-bond donors (Lipinski definition) is 4. The number of nitrogens with two attached hydrogens (primary N) is 1. The van der Waals surface area contributed by atoms with Crippen molar-refractivity contribution in [2.45, 2.75) is 25.6 Å². The maximum absolute atomic E-state index is 10.4. The second-order valence-corrected chi connectivity index (χ2v) is 3.73. The van der Waals surface area contributed by atoms with E-state index < -0.39 is 24.6 Å². The van der Waals surface area contributed by atoms with Crippen LogP contribution in [0.15, 0.2) is 18.2 Å². The van der Waals surface area contributed by atoms with E-state index in [-0.39, 0.29) is 0 Å². The Labute approximate surface area is 93.1 Å². The summed E-state index contributed by atoms with van der Waals surface area (Å²) < 4.78 is 0. The fourth-order valence-electron chi connectivity index (χ4n) is 1.53. The first-order valence-corrected chi connectivity index (χ1v) is 4.85. The monoisotopic (exact) mass is 225 g/mol. The Morgan fingerprint density at radius 3 is 2.56 bits per heavy atom. The summed E-state index contributed by atoms with van der Waals surface area (Å²) in [5.41, 5.74) is 7.31. The van der Waals surface area contributed by atoms with Crippen LogP contribution in [0.3, 0.4) is 0 Å². The van der Waals surface area contributed by atoms with Gasteiger partial charge < -0.3 is 21.1 Å². The number of aliphatic carboxylic acids is 1. The molecule has 0 heterocycles. The van der Waals surface area contributed by atoms with Gasteiger partial charge in [0, 0.05) is 5.69 Å². The van der Waals surface area contributed by atoms with Crippen LogP contribution in [0.25, 0.3) is 0 Å². The van der Waals surface area contributed by atoms with Gasteiger partial charge in [0.1, 0.15) is 6.10 Å². The van der Waals surface area contributed by atoms with Gasteiger partial charge in [0.25, 0.3) is 0 Å². The average Bonchev–Trinajstić information content (AvgIpc) is 2.15. The zero-order valence-electron chi connectivity index (χ0n) is 8.92. The number of hydrogen-bond acceptors (Lipinski definition) is 4. The molecule has 1 aromatic rings. The molecular formula is C11H15NO4. The summed E-state index contributed by atoms with van der Waals surface area (Å²) >= 11 is 0. The normalized spacial score (nSPS) is 14.4. The van der Waals surface area contributed by atoms with Crippen LogP contribution in [0.5, 0.6) is 0 Å². The number of anilines is 1. The Hall–Kier alpha value is -1.59. The second kappa shape index (κ2) is 4.96. The molecule has 0 saturated heterocycles. The van der Waals surface area contributed by atoms with Crippen molar-refractivity contribution in [2.24, 2.45) is 0 Å². The van der Waals surface area contributed by atoms with Gasteiger partial charge in [0.05, 0.1) is 12.5 Å². The lowest BCUT2D eigenvalue weighted by molar-refractivity contribution is -0.141. The molecule has 0 aliphatic heterocycles. The van der Waals surface area contributed by atoms with Gasteiger partial charge in [-0.1, -0.05) is 6.07 Å². The van der Waals surface area contributed by atoms with Crippen LogP contribution >= 0.6 is 0 Å². The van der Waals surface area contributed by atoms with Gasteiger partial charge in [-0.3, -0.25) is 4.79 Å².